The lowest BCUT2D eigenvalue weighted by Gasteiger charge is -2.42. The van der Waals surface area contributed by atoms with Crippen LogP contribution in [0.15, 0.2) is 48.2 Å². The number of nitrogens with one attached hydrogen (secondary N) is 2. The van der Waals surface area contributed by atoms with E-state index in [-0.39, 0.29) is 11.9 Å². The first kappa shape index (κ1) is 20.9. The van der Waals surface area contributed by atoms with Gasteiger partial charge in [0.25, 0.3) is 0 Å². The van der Waals surface area contributed by atoms with Crippen LogP contribution in [0, 0.1) is 22.7 Å². The molecular weight excluding hydrogens is 438 g/mol. The van der Waals surface area contributed by atoms with E-state index in [0.717, 1.165) is 16.0 Å². The number of methoxy groups -OCH3 is 1. The standard InChI is InChI=1S/C23H21N7O2S/c1-29-21(31)17-11-30(20-18(32-2)4-3-5-27-20)13-23(17,28-22(29)25)19-7-16(12-33-19)15-6-14(8-24)9-26-10-15/h3-7,9-10,12,17H,11,13H2,1-2H3,(H2,25,28)/t17?,23-/m0/s1. The van der Waals surface area contributed by atoms with Crippen molar-refractivity contribution in [1.29, 1.82) is 10.7 Å². The number of rotatable bonds is 4. The molecule has 2 N–H and O–H groups in total. The highest BCUT2D eigenvalue weighted by Crippen LogP contribution is 2.46. The Balaban J connectivity index is 1.59. The van der Waals surface area contributed by atoms with Crippen molar-refractivity contribution in [2.45, 2.75) is 5.54 Å². The van der Waals surface area contributed by atoms with Gasteiger partial charge in [0.15, 0.2) is 17.5 Å². The summed E-state index contributed by atoms with van der Waals surface area (Å²) in [5.74, 6) is 0.834. The monoisotopic (exact) mass is 459 g/mol. The number of pyridine rings is 2. The second-order valence-electron chi connectivity index (χ2n) is 8.08. The van der Waals surface area contributed by atoms with Crippen LogP contribution in [0.4, 0.5) is 5.82 Å². The molecule has 10 heteroatoms. The first-order valence-corrected chi connectivity index (χ1v) is 11.2. The number of guanidine groups is 1. The molecule has 0 aromatic carbocycles. The Bertz CT molecular complexity index is 1300. The highest BCUT2D eigenvalue weighted by atomic mass is 32.1. The lowest BCUT2D eigenvalue weighted by Crippen LogP contribution is -2.64. The van der Waals surface area contributed by atoms with E-state index in [9.17, 15) is 10.1 Å². The molecule has 3 aromatic rings. The minimum atomic E-state index is -0.785. The van der Waals surface area contributed by atoms with Gasteiger partial charge in [0, 0.05) is 49.2 Å². The summed E-state index contributed by atoms with van der Waals surface area (Å²) in [6.07, 6.45) is 4.95. The average molecular weight is 460 g/mol. The fourth-order valence-electron chi connectivity index (χ4n) is 4.54. The van der Waals surface area contributed by atoms with E-state index < -0.39 is 11.5 Å². The lowest BCUT2D eigenvalue weighted by molar-refractivity contribution is -0.133. The number of amides is 1. The molecule has 2 saturated heterocycles. The van der Waals surface area contributed by atoms with Crippen molar-refractivity contribution in [2.24, 2.45) is 5.92 Å². The topological polar surface area (TPSA) is 118 Å². The van der Waals surface area contributed by atoms with E-state index in [1.165, 1.54) is 22.4 Å². The van der Waals surface area contributed by atoms with Gasteiger partial charge in [-0.25, -0.2) is 4.98 Å². The number of thiophene rings is 1. The summed E-state index contributed by atoms with van der Waals surface area (Å²) >= 11 is 1.53. The Hall–Kier alpha value is -3.97. The summed E-state index contributed by atoms with van der Waals surface area (Å²) in [5, 5.41) is 23.0. The fraction of sp³-hybridized carbons (Fsp3) is 0.261. The third-order valence-corrected chi connectivity index (χ3v) is 7.36. The van der Waals surface area contributed by atoms with Crippen molar-refractivity contribution in [3.8, 4) is 22.9 Å². The van der Waals surface area contributed by atoms with Crippen LogP contribution in [-0.4, -0.2) is 54.0 Å². The molecule has 0 radical (unpaired) electrons. The van der Waals surface area contributed by atoms with Gasteiger partial charge in [-0.2, -0.15) is 5.26 Å². The van der Waals surface area contributed by atoms with Crippen LogP contribution in [-0.2, 0) is 10.3 Å². The number of nitrogens with zero attached hydrogens (tertiary/aromatic N) is 5. The SMILES string of the molecule is COc1cccnc1N1CC2C(=O)N(C)C(=N)N[C@@]2(c2cc(-c3cncc(C#N)c3)cs2)C1. The lowest BCUT2D eigenvalue weighted by atomic mass is 9.82. The molecule has 9 nitrogen and oxygen atoms in total. The first-order chi connectivity index (χ1) is 16.0. The van der Waals surface area contributed by atoms with E-state index in [0.29, 0.717) is 30.2 Å². The number of aromatic nitrogens is 2. The van der Waals surface area contributed by atoms with Gasteiger partial charge in [-0.3, -0.25) is 20.1 Å². The molecule has 0 spiro atoms. The minimum absolute atomic E-state index is 0.0641. The smallest absolute Gasteiger partial charge is 0.236 e. The number of carbonyl (C=O) groups is 1. The fourth-order valence-corrected chi connectivity index (χ4v) is 5.66. The van der Waals surface area contributed by atoms with Gasteiger partial charge in [-0.1, -0.05) is 0 Å². The Morgan fingerprint density at radius 2 is 2.21 bits per heavy atom. The third-order valence-electron chi connectivity index (χ3n) is 6.25. The van der Waals surface area contributed by atoms with Gasteiger partial charge in [0.1, 0.15) is 11.6 Å². The van der Waals surface area contributed by atoms with Gasteiger partial charge in [-0.05, 0) is 35.2 Å². The van der Waals surface area contributed by atoms with Crippen molar-refractivity contribution < 1.29 is 9.53 Å². The molecule has 166 valence electrons. The minimum Gasteiger partial charge on any atom is -0.493 e. The molecule has 3 aromatic heterocycles. The van der Waals surface area contributed by atoms with Gasteiger partial charge in [0.05, 0.1) is 18.6 Å². The Morgan fingerprint density at radius 3 is 3.00 bits per heavy atom. The van der Waals surface area contributed by atoms with E-state index in [1.54, 1.807) is 32.6 Å². The molecular formula is C23H21N7O2S. The summed E-state index contributed by atoms with van der Waals surface area (Å²) in [7, 11) is 3.21. The molecule has 0 bridgehead atoms. The normalized spacial score (nSPS) is 22.0. The Kier molecular flexibility index (Phi) is 4.98. The number of ether oxygens (including phenoxy) is 1. The average Bonchev–Trinajstić information content (AvgIpc) is 3.49. The number of nitriles is 1. The third kappa shape index (κ3) is 3.29. The van der Waals surface area contributed by atoms with Crippen LogP contribution in [0.25, 0.3) is 11.1 Å². The second-order valence-corrected chi connectivity index (χ2v) is 8.99. The summed E-state index contributed by atoms with van der Waals surface area (Å²) in [5.41, 5.74) is 1.45. The molecule has 5 rings (SSSR count). The van der Waals surface area contributed by atoms with Crippen LogP contribution in [0.2, 0.25) is 0 Å². The largest absolute Gasteiger partial charge is 0.493 e. The molecule has 5 heterocycles. The molecule has 2 atom stereocenters. The van der Waals surface area contributed by atoms with Crippen molar-refractivity contribution in [3.05, 3.63) is 58.7 Å². The van der Waals surface area contributed by atoms with Crippen molar-refractivity contribution in [3.63, 3.8) is 0 Å². The van der Waals surface area contributed by atoms with Crippen LogP contribution in [0.5, 0.6) is 5.75 Å². The zero-order valence-corrected chi connectivity index (χ0v) is 18.9. The number of hydrogen-bond donors (Lipinski definition) is 2. The van der Waals surface area contributed by atoms with Crippen LogP contribution < -0.4 is 15.0 Å². The molecule has 2 fully saturated rings. The number of anilines is 1. The quantitative estimate of drug-likeness (QED) is 0.615. The molecule has 1 unspecified atom stereocenters. The van der Waals surface area contributed by atoms with Crippen molar-refractivity contribution in [2.75, 3.05) is 32.1 Å². The van der Waals surface area contributed by atoms with Crippen LogP contribution >= 0.6 is 11.3 Å². The van der Waals surface area contributed by atoms with Crippen molar-refractivity contribution in [1.82, 2.24) is 20.2 Å². The zero-order chi connectivity index (χ0) is 23.2. The van der Waals surface area contributed by atoms with E-state index in [1.807, 2.05) is 28.5 Å². The molecule has 0 saturated carbocycles. The van der Waals surface area contributed by atoms with Gasteiger partial charge in [-0.15, -0.1) is 11.3 Å². The first-order valence-electron chi connectivity index (χ1n) is 10.3. The van der Waals surface area contributed by atoms with E-state index >= 15 is 0 Å². The summed E-state index contributed by atoms with van der Waals surface area (Å²) in [6.45, 7) is 0.888. The molecule has 33 heavy (non-hydrogen) atoms. The maximum absolute atomic E-state index is 13.3. The number of fused-ring (bicyclic) bond motifs is 1. The Morgan fingerprint density at radius 1 is 1.36 bits per heavy atom. The highest BCUT2D eigenvalue weighted by molar-refractivity contribution is 7.10. The molecule has 2 aliphatic rings. The van der Waals surface area contributed by atoms with Gasteiger partial charge >= 0.3 is 0 Å². The zero-order valence-electron chi connectivity index (χ0n) is 18.1. The van der Waals surface area contributed by atoms with Crippen molar-refractivity contribution >= 4 is 29.0 Å². The van der Waals surface area contributed by atoms with Crippen LogP contribution in [0.1, 0.15) is 10.4 Å². The van der Waals surface area contributed by atoms with Gasteiger partial charge < -0.3 is 15.0 Å². The second kappa shape index (κ2) is 7.86. The molecule has 1 amide bonds. The highest BCUT2D eigenvalue weighted by Gasteiger charge is 2.57. The molecule has 0 aliphatic carbocycles. The van der Waals surface area contributed by atoms with Crippen LogP contribution in [0.3, 0.4) is 0 Å². The number of hydrogen-bond acceptors (Lipinski definition) is 8. The predicted molar refractivity (Wildman–Crippen MR) is 124 cm³/mol. The summed E-state index contributed by atoms with van der Waals surface area (Å²) in [4.78, 5) is 26.3. The maximum Gasteiger partial charge on any atom is 0.236 e. The Labute approximate surface area is 194 Å². The van der Waals surface area contributed by atoms with E-state index in [4.69, 9.17) is 10.1 Å². The predicted octanol–water partition coefficient (Wildman–Crippen LogP) is 2.41. The summed E-state index contributed by atoms with van der Waals surface area (Å²) < 4.78 is 5.51. The van der Waals surface area contributed by atoms with Gasteiger partial charge in [0.2, 0.25) is 5.91 Å². The van der Waals surface area contributed by atoms with E-state index in [2.05, 4.69) is 21.4 Å². The summed E-state index contributed by atoms with van der Waals surface area (Å²) in [6, 6.07) is 9.59. The maximum atomic E-state index is 13.3. The molecule has 2 aliphatic heterocycles. The number of carbonyl (C=O) groups excluding carboxylic acids is 1.